The van der Waals surface area contributed by atoms with Crippen LogP contribution in [0.1, 0.15) is 45.4 Å². The van der Waals surface area contributed by atoms with Crippen LogP contribution in [0.3, 0.4) is 0 Å². The minimum absolute atomic E-state index is 0.527. The van der Waals surface area contributed by atoms with Gasteiger partial charge in [-0.25, -0.2) is 0 Å². The smallest absolute Gasteiger partial charge is 0.0269 e. The van der Waals surface area contributed by atoms with Gasteiger partial charge in [0.2, 0.25) is 0 Å². The molecule has 0 aromatic carbocycles. The van der Waals surface area contributed by atoms with Crippen LogP contribution in [-0.4, -0.2) is 9.15 Å². The standard InChI is InChI=1S/C12H18Br2/c1-8(13)11-3-9-2-10(4-11)6-12(14,5-9)7-11/h8-10H,2-7H2,1H3/t8?,9-,10+,11?,12?. The lowest BCUT2D eigenvalue weighted by Crippen LogP contribution is -2.55. The molecule has 0 spiro atoms. The van der Waals surface area contributed by atoms with Gasteiger partial charge < -0.3 is 0 Å². The highest BCUT2D eigenvalue weighted by molar-refractivity contribution is 9.10. The van der Waals surface area contributed by atoms with Crippen LogP contribution >= 0.6 is 31.9 Å². The molecule has 4 fully saturated rings. The monoisotopic (exact) mass is 320 g/mol. The first-order valence-corrected chi connectivity index (χ1v) is 7.55. The van der Waals surface area contributed by atoms with E-state index in [-0.39, 0.29) is 0 Å². The van der Waals surface area contributed by atoms with E-state index in [0.717, 1.165) is 11.8 Å². The van der Waals surface area contributed by atoms with Gasteiger partial charge in [-0.1, -0.05) is 38.8 Å². The van der Waals surface area contributed by atoms with E-state index in [1.54, 1.807) is 0 Å². The van der Waals surface area contributed by atoms with Gasteiger partial charge in [0.25, 0.3) is 0 Å². The quantitative estimate of drug-likeness (QED) is 0.624. The zero-order valence-electron chi connectivity index (χ0n) is 8.73. The molecule has 5 atom stereocenters. The van der Waals surface area contributed by atoms with Crippen molar-refractivity contribution in [3.63, 3.8) is 0 Å². The van der Waals surface area contributed by atoms with Gasteiger partial charge >= 0.3 is 0 Å². The number of halogens is 2. The molecule has 4 saturated carbocycles. The molecule has 0 N–H and O–H groups in total. The summed E-state index contributed by atoms with van der Waals surface area (Å²) >= 11 is 7.91. The van der Waals surface area contributed by atoms with Gasteiger partial charge in [0.05, 0.1) is 0 Å². The van der Waals surface area contributed by atoms with Crippen molar-refractivity contribution in [2.45, 2.75) is 54.6 Å². The van der Waals surface area contributed by atoms with E-state index in [4.69, 9.17) is 0 Å². The summed E-state index contributed by atoms with van der Waals surface area (Å²) in [6.07, 6.45) is 8.82. The Morgan fingerprint density at radius 1 is 1.14 bits per heavy atom. The second kappa shape index (κ2) is 3.00. The summed E-state index contributed by atoms with van der Waals surface area (Å²) < 4.78 is 0.527. The van der Waals surface area contributed by atoms with E-state index in [0.29, 0.717) is 14.6 Å². The Kier molecular flexibility index (Phi) is 2.17. The molecule has 0 amide bonds. The molecule has 0 aromatic rings. The van der Waals surface area contributed by atoms with Crippen LogP contribution in [0.25, 0.3) is 0 Å². The first-order chi connectivity index (χ1) is 6.51. The van der Waals surface area contributed by atoms with Crippen molar-refractivity contribution in [3.05, 3.63) is 0 Å². The predicted molar refractivity (Wildman–Crippen MR) is 67.2 cm³/mol. The number of alkyl halides is 2. The molecule has 4 rings (SSSR count). The maximum Gasteiger partial charge on any atom is 0.0269 e. The number of rotatable bonds is 1. The lowest BCUT2D eigenvalue weighted by Gasteiger charge is -2.61. The van der Waals surface area contributed by atoms with Crippen molar-refractivity contribution in [2.24, 2.45) is 17.3 Å². The third-order valence-electron chi connectivity index (χ3n) is 4.88. The van der Waals surface area contributed by atoms with Gasteiger partial charge in [0.1, 0.15) is 0 Å². The molecule has 0 aromatic heterocycles. The molecule has 80 valence electrons. The Morgan fingerprint density at radius 3 is 2.14 bits per heavy atom. The Morgan fingerprint density at radius 2 is 1.71 bits per heavy atom. The fourth-order valence-corrected chi connectivity index (χ4v) is 6.70. The Balaban J connectivity index is 1.96. The summed E-state index contributed by atoms with van der Waals surface area (Å²) in [5.74, 6) is 2.05. The number of hydrogen-bond acceptors (Lipinski definition) is 0. The topological polar surface area (TPSA) is 0 Å². The van der Waals surface area contributed by atoms with Crippen LogP contribution in [0.4, 0.5) is 0 Å². The average molecular weight is 322 g/mol. The molecule has 3 unspecified atom stereocenters. The molecule has 14 heavy (non-hydrogen) atoms. The van der Waals surface area contributed by atoms with Gasteiger partial charge in [-0.3, -0.25) is 0 Å². The molecule has 0 nitrogen and oxygen atoms in total. The summed E-state index contributed by atoms with van der Waals surface area (Å²) in [6.45, 7) is 2.36. The van der Waals surface area contributed by atoms with Crippen molar-refractivity contribution in [1.82, 2.24) is 0 Å². The fraction of sp³-hybridized carbons (Fsp3) is 1.00. The molecule has 0 heterocycles. The van der Waals surface area contributed by atoms with E-state index in [2.05, 4.69) is 38.8 Å². The lowest BCUT2D eigenvalue weighted by molar-refractivity contribution is -0.0322. The van der Waals surface area contributed by atoms with Crippen LogP contribution < -0.4 is 0 Å². The highest BCUT2D eigenvalue weighted by atomic mass is 79.9. The number of hydrogen-bond donors (Lipinski definition) is 0. The summed E-state index contributed by atoms with van der Waals surface area (Å²) in [7, 11) is 0. The second-order valence-electron chi connectivity index (χ2n) is 6.09. The van der Waals surface area contributed by atoms with E-state index >= 15 is 0 Å². The molecule has 4 aliphatic carbocycles. The minimum Gasteiger partial charge on any atom is -0.0888 e. The highest BCUT2D eigenvalue weighted by Crippen LogP contribution is 2.66. The fourth-order valence-electron chi connectivity index (χ4n) is 4.69. The van der Waals surface area contributed by atoms with Crippen LogP contribution in [0, 0.1) is 17.3 Å². The highest BCUT2D eigenvalue weighted by Gasteiger charge is 2.57. The molecular formula is C12H18Br2. The summed E-state index contributed by atoms with van der Waals surface area (Å²) in [6, 6.07) is 0. The summed E-state index contributed by atoms with van der Waals surface area (Å²) in [5.41, 5.74) is 0.633. The van der Waals surface area contributed by atoms with Crippen LogP contribution in [0.5, 0.6) is 0 Å². The Bertz CT molecular complexity index is 245. The maximum atomic E-state index is 4.04. The molecular weight excluding hydrogens is 304 g/mol. The van der Waals surface area contributed by atoms with Crippen LogP contribution in [0.2, 0.25) is 0 Å². The van der Waals surface area contributed by atoms with E-state index in [1.807, 2.05) is 0 Å². The van der Waals surface area contributed by atoms with Gasteiger partial charge in [-0.2, -0.15) is 0 Å². The summed E-state index contributed by atoms with van der Waals surface area (Å²) in [4.78, 5) is 0.706. The maximum absolute atomic E-state index is 4.04. The minimum atomic E-state index is 0.527. The molecule has 4 aliphatic rings. The molecule has 4 bridgehead atoms. The van der Waals surface area contributed by atoms with Crippen molar-refractivity contribution < 1.29 is 0 Å². The average Bonchev–Trinajstić information content (AvgIpc) is 1.98. The normalized spacial score (nSPS) is 57.6. The third kappa shape index (κ3) is 1.36. The largest absolute Gasteiger partial charge is 0.0888 e. The van der Waals surface area contributed by atoms with Crippen molar-refractivity contribution >= 4 is 31.9 Å². The second-order valence-corrected chi connectivity index (χ2v) is 9.15. The van der Waals surface area contributed by atoms with Crippen LogP contribution in [-0.2, 0) is 0 Å². The van der Waals surface area contributed by atoms with Gasteiger partial charge in [-0.05, 0) is 55.8 Å². The zero-order chi connectivity index (χ0) is 9.97. The molecule has 2 heteroatoms. The lowest BCUT2D eigenvalue weighted by atomic mass is 9.49. The van der Waals surface area contributed by atoms with Crippen molar-refractivity contribution in [2.75, 3.05) is 0 Å². The van der Waals surface area contributed by atoms with Crippen molar-refractivity contribution in [1.29, 1.82) is 0 Å². The predicted octanol–water partition coefficient (Wildman–Crippen LogP) is 4.50. The Hall–Kier alpha value is 0.960. The molecule has 0 radical (unpaired) electrons. The van der Waals surface area contributed by atoms with Gasteiger partial charge in [0.15, 0.2) is 0 Å². The first kappa shape index (κ1) is 10.1. The SMILES string of the molecule is CC(Br)C12C[C@@H]3C[C@@H](CC(Br)(C3)C1)C2. The van der Waals surface area contributed by atoms with E-state index in [9.17, 15) is 0 Å². The van der Waals surface area contributed by atoms with Gasteiger partial charge in [0, 0.05) is 9.15 Å². The van der Waals surface area contributed by atoms with E-state index in [1.165, 1.54) is 38.5 Å². The molecule has 0 aliphatic heterocycles. The van der Waals surface area contributed by atoms with Crippen molar-refractivity contribution in [3.8, 4) is 0 Å². The third-order valence-corrected chi connectivity index (χ3v) is 6.78. The Labute approximate surface area is 103 Å². The van der Waals surface area contributed by atoms with Gasteiger partial charge in [-0.15, -0.1) is 0 Å². The van der Waals surface area contributed by atoms with Crippen LogP contribution in [0.15, 0.2) is 0 Å². The zero-order valence-corrected chi connectivity index (χ0v) is 11.9. The summed E-state index contributed by atoms with van der Waals surface area (Å²) in [5, 5.41) is 0. The van der Waals surface area contributed by atoms with E-state index < -0.39 is 0 Å². The first-order valence-electron chi connectivity index (χ1n) is 5.84. The molecule has 0 saturated heterocycles.